The largest absolute Gasteiger partial charge is 0.496 e. The van der Waals surface area contributed by atoms with E-state index in [1.54, 1.807) is 11.1 Å². The maximum atomic E-state index is 6.16. The van der Waals surface area contributed by atoms with Crippen LogP contribution in [-0.4, -0.2) is 53.7 Å². The van der Waals surface area contributed by atoms with Crippen molar-refractivity contribution in [3.63, 3.8) is 0 Å². The van der Waals surface area contributed by atoms with Gasteiger partial charge in [0.2, 0.25) is 5.95 Å². The first-order valence-corrected chi connectivity index (χ1v) is 14.4. The van der Waals surface area contributed by atoms with Crippen LogP contribution in [0, 0.1) is 37.0 Å². The quantitative estimate of drug-likeness (QED) is 0.572. The zero-order valence-corrected chi connectivity index (χ0v) is 22.8. The molecule has 2 aromatic rings. The second-order valence-electron chi connectivity index (χ2n) is 12.8. The van der Waals surface area contributed by atoms with Gasteiger partial charge < -0.3 is 9.64 Å². The summed E-state index contributed by atoms with van der Waals surface area (Å²) in [6, 6.07) is 10.2. The Hall–Kier alpha value is -2.14. The van der Waals surface area contributed by atoms with Crippen molar-refractivity contribution in [2.24, 2.45) is 23.2 Å². The molecule has 192 valence electrons. The van der Waals surface area contributed by atoms with E-state index in [4.69, 9.17) is 14.7 Å². The average molecular weight is 487 g/mol. The van der Waals surface area contributed by atoms with Gasteiger partial charge in [-0.25, -0.2) is 9.97 Å². The van der Waals surface area contributed by atoms with E-state index in [1.807, 2.05) is 7.11 Å². The van der Waals surface area contributed by atoms with E-state index >= 15 is 0 Å². The number of aryl methyl sites for hydroxylation is 2. The van der Waals surface area contributed by atoms with E-state index in [0.29, 0.717) is 29.3 Å². The molecule has 3 aliphatic carbocycles. The van der Waals surface area contributed by atoms with E-state index in [-0.39, 0.29) is 5.41 Å². The summed E-state index contributed by atoms with van der Waals surface area (Å²) in [6.07, 6.45) is 7.69. The van der Waals surface area contributed by atoms with Crippen molar-refractivity contribution in [2.45, 2.75) is 83.7 Å². The van der Waals surface area contributed by atoms with Gasteiger partial charge in [-0.1, -0.05) is 32.4 Å². The van der Waals surface area contributed by atoms with Crippen molar-refractivity contribution in [2.75, 3.05) is 31.6 Å². The molecule has 2 aliphatic heterocycles. The van der Waals surface area contributed by atoms with Gasteiger partial charge in [-0.05, 0) is 93.4 Å². The molecule has 1 aromatic heterocycles. The van der Waals surface area contributed by atoms with Crippen LogP contribution in [0.25, 0.3) is 0 Å². The number of ether oxygens (including phenoxy) is 1. The number of hydrogen-bond acceptors (Lipinski definition) is 5. The lowest BCUT2D eigenvalue weighted by molar-refractivity contribution is -0.0952. The number of piperidine rings is 1. The minimum absolute atomic E-state index is 0.213. The highest BCUT2D eigenvalue weighted by Gasteiger charge is 2.76. The Labute approximate surface area is 216 Å². The van der Waals surface area contributed by atoms with E-state index in [0.717, 1.165) is 35.5 Å². The maximum absolute atomic E-state index is 6.16. The Morgan fingerprint density at radius 2 is 1.97 bits per heavy atom. The number of hydrogen-bond donors (Lipinski definition) is 0. The molecule has 4 fully saturated rings. The number of likely N-dealkylation sites (tertiary alicyclic amines) is 1. The standard InChI is InChI=1S/C31H42N4O/c1-6-19(2)17-34-13-12-31-27-23-16-30(31,26(34)15-22-8-7-9-25(36-5)28(22)31)11-10-24(27)35(18-23)29-32-20(3)14-21(4)33-29/h7-9,14,19,23-24,26-27H,6,10-13,15-18H2,1-5H3/t19?,23-,24?,26?,27?,30?,31?/m1/s1. The zero-order valence-electron chi connectivity index (χ0n) is 22.8. The zero-order chi connectivity index (χ0) is 24.8. The van der Waals surface area contributed by atoms with E-state index in [2.05, 4.69) is 61.8 Å². The minimum Gasteiger partial charge on any atom is -0.496 e. The summed E-state index contributed by atoms with van der Waals surface area (Å²) in [6.45, 7) is 12.6. The van der Waals surface area contributed by atoms with Gasteiger partial charge in [0.05, 0.1) is 7.11 Å². The van der Waals surface area contributed by atoms with Crippen LogP contribution in [-0.2, 0) is 11.8 Å². The van der Waals surface area contributed by atoms with Crippen molar-refractivity contribution in [3.05, 3.63) is 46.8 Å². The first-order valence-electron chi connectivity index (χ1n) is 14.4. The summed E-state index contributed by atoms with van der Waals surface area (Å²) >= 11 is 0. The Morgan fingerprint density at radius 3 is 2.72 bits per heavy atom. The predicted molar refractivity (Wildman–Crippen MR) is 144 cm³/mol. The number of aromatic nitrogens is 2. The molecular formula is C31H42N4O. The molecule has 1 aromatic carbocycles. The molecular weight excluding hydrogens is 444 g/mol. The molecule has 0 spiro atoms. The predicted octanol–water partition coefficient (Wildman–Crippen LogP) is 5.32. The summed E-state index contributed by atoms with van der Waals surface area (Å²) < 4.78 is 6.16. The van der Waals surface area contributed by atoms with Gasteiger partial charge in [0.15, 0.2) is 0 Å². The third-order valence-corrected chi connectivity index (χ3v) is 11.3. The molecule has 2 saturated carbocycles. The van der Waals surface area contributed by atoms with Gasteiger partial charge in [0.25, 0.3) is 0 Å². The third-order valence-electron chi connectivity index (χ3n) is 11.3. The van der Waals surface area contributed by atoms with Crippen molar-refractivity contribution < 1.29 is 4.74 Å². The highest BCUT2D eigenvalue weighted by atomic mass is 16.5. The smallest absolute Gasteiger partial charge is 0.226 e. The number of anilines is 1. The molecule has 3 heterocycles. The normalized spacial score (nSPS) is 37.0. The summed E-state index contributed by atoms with van der Waals surface area (Å²) in [5, 5.41) is 0. The number of methoxy groups -OCH3 is 1. The third kappa shape index (κ3) is 2.81. The molecule has 0 N–H and O–H groups in total. The Morgan fingerprint density at radius 1 is 1.17 bits per heavy atom. The van der Waals surface area contributed by atoms with Crippen molar-refractivity contribution in [3.8, 4) is 5.75 Å². The van der Waals surface area contributed by atoms with Gasteiger partial charge in [0.1, 0.15) is 5.75 Å². The molecule has 0 amide bonds. The van der Waals surface area contributed by atoms with Crippen LogP contribution in [0.2, 0.25) is 0 Å². The highest BCUT2D eigenvalue weighted by molar-refractivity contribution is 5.56. The summed E-state index contributed by atoms with van der Waals surface area (Å²) in [4.78, 5) is 15.5. The number of fused-ring (bicyclic) bond motifs is 1. The lowest BCUT2D eigenvalue weighted by Gasteiger charge is -2.66. The summed E-state index contributed by atoms with van der Waals surface area (Å²) in [7, 11) is 1.89. The van der Waals surface area contributed by atoms with Gasteiger partial charge in [0, 0.05) is 47.5 Å². The van der Waals surface area contributed by atoms with E-state index in [1.165, 1.54) is 51.6 Å². The van der Waals surface area contributed by atoms with Gasteiger partial charge in [-0.15, -0.1) is 0 Å². The molecule has 7 rings (SSSR count). The Kier molecular flexibility index (Phi) is 5.07. The first-order chi connectivity index (χ1) is 17.4. The van der Waals surface area contributed by atoms with Gasteiger partial charge >= 0.3 is 0 Å². The fraction of sp³-hybridized carbons (Fsp3) is 0.677. The summed E-state index contributed by atoms with van der Waals surface area (Å²) in [5.74, 6) is 4.25. The minimum atomic E-state index is 0.213. The monoisotopic (exact) mass is 486 g/mol. The molecule has 2 saturated heterocycles. The van der Waals surface area contributed by atoms with Crippen LogP contribution < -0.4 is 9.64 Å². The molecule has 6 unspecified atom stereocenters. The number of rotatable bonds is 5. The number of benzene rings is 1. The summed E-state index contributed by atoms with van der Waals surface area (Å²) in [5.41, 5.74) is 5.91. The fourth-order valence-electron chi connectivity index (χ4n) is 10.1. The SMILES string of the molecule is CCC(C)CN1CCC23c4c(cccc4OC)CC1C21CCC2C3[C@@H](CN2c2nc(C)cc(C)n2)C1. The van der Waals surface area contributed by atoms with Crippen molar-refractivity contribution in [1.29, 1.82) is 0 Å². The van der Waals surface area contributed by atoms with Crippen LogP contribution in [0.1, 0.15) is 68.5 Å². The van der Waals surface area contributed by atoms with Crippen LogP contribution in [0.3, 0.4) is 0 Å². The van der Waals surface area contributed by atoms with Crippen molar-refractivity contribution >= 4 is 5.95 Å². The topological polar surface area (TPSA) is 41.5 Å². The molecule has 36 heavy (non-hydrogen) atoms. The van der Waals surface area contributed by atoms with Crippen LogP contribution in [0.15, 0.2) is 24.3 Å². The van der Waals surface area contributed by atoms with Gasteiger partial charge in [-0.2, -0.15) is 0 Å². The fourth-order valence-corrected chi connectivity index (χ4v) is 10.1. The van der Waals surface area contributed by atoms with Crippen LogP contribution in [0.5, 0.6) is 5.75 Å². The Bertz CT molecular complexity index is 1180. The number of nitrogens with zero attached hydrogens (tertiary/aromatic N) is 4. The second-order valence-corrected chi connectivity index (χ2v) is 12.8. The molecule has 0 radical (unpaired) electrons. The van der Waals surface area contributed by atoms with Gasteiger partial charge in [-0.3, -0.25) is 4.90 Å². The lowest BCUT2D eigenvalue weighted by atomic mass is 9.43. The van der Waals surface area contributed by atoms with Crippen LogP contribution in [0.4, 0.5) is 5.95 Å². The molecule has 5 nitrogen and oxygen atoms in total. The Balaban J connectivity index is 1.38. The lowest BCUT2D eigenvalue weighted by Crippen LogP contribution is -2.70. The van der Waals surface area contributed by atoms with E-state index in [9.17, 15) is 0 Å². The van der Waals surface area contributed by atoms with Crippen LogP contribution >= 0.6 is 0 Å². The van der Waals surface area contributed by atoms with Crippen molar-refractivity contribution in [1.82, 2.24) is 14.9 Å². The van der Waals surface area contributed by atoms with E-state index < -0.39 is 0 Å². The molecule has 7 atom stereocenters. The first kappa shape index (κ1) is 23.0. The molecule has 5 aliphatic rings. The average Bonchev–Trinajstić information content (AvgIpc) is 3.30. The second kappa shape index (κ2) is 7.93. The maximum Gasteiger partial charge on any atom is 0.226 e. The molecule has 4 bridgehead atoms. The molecule has 5 heteroatoms. The highest BCUT2D eigenvalue weighted by Crippen LogP contribution is 2.76.